The number of nitrogens with two attached hydrogens (primary N) is 1. The van der Waals surface area contributed by atoms with Crippen molar-refractivity contribution in [2.75, 3.05) is 25.2 Å². The maximum absolute atomic E-state index is 12.0. The summed E-state index contributed by atoms with van der Waals surface area (Å²) in [7, 11) is 4.73. The summed E-state index contributed by atoms with van der Waals surface area (Å²) in [6.45, 7) is 0. The van der Waals surface area contributed by atoms with Crippen molar-refractivity contribution in [1.82, 2.24) is 35.5 Å². The van der Waals surface area contributed by atoms with Crippen LogP contribution in [0, 0.1) is 0 Å². The third kappa shape index (κ3) is 3.22. The van der Waals surface area contributed by atoms with Crippen LogP contribution < -0.4 is 21.1 Å². The van der Waals surface area contributed by atoms with Crippen LogP contribution in [0.4, 0.5) is 17.3 Å². The molecule has 0 radical (unpaired) electrons. The van der Waals surface area contributed by atoms with E-state index in [4.69, 9.17) is 10.5 Å². The van der Waals surface area contributed by atoms with Crippen molar-refractivity contribution < 1.29 is 9.53 Å². The number of ether oxygens (including phenoxy) is 1. The monoisotopic (exact) mass is 355 g/mol. The number of nitrogens with one attached hydrogen (secondary N) is 2. The molecule has 0 aliphatic carbocycles. The maximum Gasteiger partial charge on any atom is 0.273 e. The molecule has 11 heteroatoms. The van der Waals surface area contributed by atoms with Gasteiger partial charge in [0.1, 0.15) is 11.5 Å². The number of aromatic nitrogens is 6. The minimum atomic E-state index is -0.413. The number of nitrogens with zero attached hydrogens (tertiary/aromatic N) is 6. The molecule has 26 heavy (non-hydrogen) atoms. The van der Waals surface area contributed by atoms with Gasteiger partial charge in [0.25, 0.3) is 5.91 Å². The molecule has 0 aromatic carbocycles. The van der Waals surface area contributed by atoms with Crippen LogP contribution >= 0.6 is 0 Å². The Kier molecular flexibility index (Phi) is 4.60. The molecule has 0 atom stereocenters. The molecular weight excluding hydrogens is 338 g/mol. The Labute approximate surface area is 148 Å². The van der Waals surface area contributed by atoms with Crippen LogP contribution in [0.25, 0.3) is 11.3 Å². The molecule has 3 heterocycles. The van der Waals surface area contributed by atoms with Crippen molar-refractivity contribution in [3.8, 4) is 17.0 Å². The summed E-state index contributed by atoms with van der Waals surface area (Å²) in [6.07, 6.45) is 3.20. The second kappa shape index (κ2) is 7.01. The first kappa shape index (κ1) is 17.1. The first-order valence-electron chi connectivity index (χ1n) is 7.55. The van der Waals surface area contributed by atoms with E-state index in [-0.39, 0.29) is 11.5 Å². The van der Waals surface area contributed by atoms with Gasteiger partial charge in [-0.15, -0.1) is 10.2 Å². The van der Waals surface area contributed by atoms with Gasteiger partial charge in [-0.1, -0.05) is 0 Å². The predicted octanol–water partition coefficient (Wildman–Crippen LogP) is 0.361. The Bertz CT molecular complexity index is 954. The van der Waals surface area contributed by atoms with E-state index < -0.39 is 5.91 Å². The number of nitrogen functional groups attached to an aromatic ring is 1. The molecule has 0 bridgehead atoms. The quantitative estimate of drug-likeness (QED) is 0.590. The van der Waals surface area contributed by atoms with Gasteiger partial charge in [0.2, 0.25) is 0 Å². The molecule has 0 aliphatic heterocycles. The SMILES string of the molecule is CNC(=O)c1nnc(N)cc1Nc1nccc(-c2cnn(C)n2)c1OC. The lowest BCUT2D eigenvalue weighted by Gasteiger charge is -2.14. The summed E-state index contributed by atoms with van der Waals surface area (Å²) < 4.78 is 5.50. The number of hydrogen-bond acceptors (Lipinski definition) is 9. The van der Waals surface area contributed by atoms with Crippen LogP contribution in [0.2, 0.25) is 0 Å². The molecule has 134 valence electrons. The van der Waals surface area contributed by atoms with Crippen LogP contribution in [0.5, 0.6) is 5.75 Å². The molecule has 3 aromatic heterocycles. The number of pyridine rings is 1. The number of methoxy groups -OCH3 is 1. The average molecular weight is 355 g/mol. The topological polar surface area (TPSA) is 146 Å². The Balaban J connectivity index is 2.06. The summed E-state index contributed by atoms with van der Waals surface area (Å²) in [5.74, 6) is 0.549. The third-order valence-corrected chi connectivity index (χ3v) is 3.49. The van der Waals surface area contributed by atoms with Crippen LogP contribution in [-0.4, -0.2) is 50.2 Å². The number of aryl methyl sites for hydroxylation is 1. The van der Waals surface area contributed by atoms with Crippen molar-refractivity contribution in [2.24, 2.45) is 7.05 Å². The molecule has 3 aromatic rings. The molecular formula is C15H17N9O2. The Morgan fingerprint density at radius 2 is 2.15 bits per heavy atom. The van der Waals surface area contributed by atoms with Crippen molar-refractivity contribution >= 4 is 23.2 Å². The van der Waals surface area contributed by atoms with Gasteiger partial charge >= 0.3 is 0 Å². The lowest BCUT2D eigenvalue weighted by Crippen LogP contribution is -2.21. The number of hydrogen-bond donors (Lipinski definition) is 3. The van der Waals surface area contributed by atoms with E-state index >= 15 is 0 Å². The van der Waals surface area contributed by atoms with Crippen molar-refractivity contribution in [3.63, 3.8) is 0 Å². The Hall–Kier alpha value is -3.76. The van der Waals surface area contributed by atoms with E-state index in [0.29, 0.717) is 28.5 Å². The van der Waals surface area contributed by atoms with Gasteiger partial charge in [0.15, 0.2) is 17.3 Å². The molecule has 3 rings (SSSR count). The lowest BCUT2D eigenvalue weighted by atomic mass is 10.2. The molecule has 1 amide bonds. The van der Waals surface area contributed by atoms with Crippen molar-refractivity contribution in [2.45, 2.75) is 0 Å². The first-order chi connectivity index (χ1) is 12.5. The van der Waals surface area contributed by atoms with E-state index in [0.717, 1.165) is 0 Å². The van der Waals surface area contributed by atoms with Gasteiger partial charge in [0.05, 0.1) is 24.6 Å². The van der Waals surface area contributed by atoms with Gasteiger partial charge in [-0.2, -0.15) is 15.0 Å². The number of carbonyl (C=O) groups excluding carboxylic acids is 1. The zero-order chi connectivity index (χ0) is 18.7. The van der Waals surface area contributed by atoms with Crippen LogP contribution in [0.3, 0.4) is 0 Å². The molecule has 0 fully saturated rings. The number of anilines is 3. The fourth-order valence-electron chi connectivity index (χ4n) is 2.33. The zero-order valence-corrected chi connectivity index (χ0v) is 14.4. The smallest absolute Gasteiger partial charge is 0.273 e. The highest BCUT2D eigenvalue weighted by Crippen LogP contribution is 2.35. The second-order valence-corrected chi connectivity index (χ2v) is 5.20. The third-order valence-electron chi connectivity index (χ3n) is 3.49. The van der Waals surface area contributed by atoms with Gasteiger partial charge in [0, 0.05) is 26.4 Å². The van der Waals surface area contributed by atoms with E-state index in [2.05, 4.69) is 36.0 Å². The van der Waals surface area contributed by atoms with Crippen molar-refractivity contribution in [1.29, 1.82) is 0 Å². The molecule has 0 unspecified atom stereocenters. The minimum Gasteiger partial charge on any atom is -0.492 e. The second-order valence-electron chi connectivity index (χ2n) is 5.20. The summed E-state index contributed by atoms with van der Waals surface area (Å²) >= 11 is 0. The Morgan fingerprint density at radius 1 is 1.35 bits per heavy atom. The van der Waals surface area contributed by atoms with Gasteiger partial charge in [-0.3, -0.25) is 4.79 Å². The van der Waals surface area contributed by atoms with Gasteiger partial charge in [-0.25, -0.2) is 4.98 Å². The highest BCUT2D eigenvalue weighted by atomic mass is 16.5. The molecule has 0 saturated heterocycles. The summed E-state index contributed by atoms with van der Waals surface area (Å²) in [5, 5.41) is 21.4. The normalized spacial score (nSPS) is 10.4. The van der Waals surface area contributed by atoms with Gasteiger partial charge in [-0.05, 0) is 6.07 Å². The molecule has 4 N–H and O–H groups in total. The zero-order valence-electron chi connectivity index (χ0n) is 14.4. The van der Waals surface area contributed by atoms with Crippen LogP contribution in [0.15, 0.2) is 24.5 Å². The minimum absolute atomic E-state index is 0.0791. The summed E-state index contributed by atoms with van der Waals surface area (Å²) in [4.78, 5) is 17.7. The largest absolute Gasteiger partial charge is 0.492 e. The number of rotatable bonds is 5. The van der Waals surface area contributed by atoms with Crippen LogP contribution in [-0.2, 0) is 7.05 Å². The molecule has 11 nitrogen and oxygen atoms in total. The fraction of sp³-hybridized carbons (Fsp3) is 0.200. The van der Waals surface area contributed by atoms with Gasteiger partial charge < -0.3 is 21.1 Å². The van der Waals surface area contributed by atoms with Crippen LogP contribution in [0.1, 0.15) is 10.5 Å². The Morgan fingerprint density at radius 3 is 2.81 bits per heavy atom. The van der Waals surface area contributed by atoms with E-state index in [9.17, 15) is 4.79 Å². The first-order valence-corrected chi connectivity index (χ1v) is 7.55. The summed E-state index contributed by atoms with van der Waals surface area (Å²) in [6, 6.07) is 3.25. The fourth-order valence-corrected chi connectivity index (χ4v) is 2.33. The van der Waals surface area contributed by atoms with E-state index in [1.807, 2.05) is 0 Å². The average Bonchev–Trinajstić information content (AvgIpc) is 3.07. The molecule has 0 spiro atoms. The van der Waals surface area contributed by atoms with Crippen molar-refractivity contribution in [3.05, 3.63) is 30.2 Å². The number of amides is 1. The maximum atomic E-state index is 12.0. The molecule has 0 aliphatic rings. The lowest BCUT2D eigenvalue weighted by molar-refractivity contribution is 0.0958. The highest BCUT2D eigenvalue weighted by molar-refractivity contribution is 5.98. The standard InChI is InChI=1S/C15H17N9O2/c1-17-15(25)12-9(6-11(16)21-22-12)20-14-13(26-3)8(4-5-18-14)10-7-19-24(2)23-10/h4-7H,1-3H3,(H,17,25)(H3,16,18,20,21). The van der Waals surface area contributed by atoms with E-state index in [1.165, 1.54) is 25.0 Å². The highest BCUT2D eigenvalue weighted by Gasteiger charge is 2.19. The predicted molar refractivity (Wildman–Crippen MR) is 93.9 cm³/mol. The van der Waals surface area contributed by atoms with E-state index in [1.54, 1.807) is 25.5 Å². The summed E-state index contributed by atoms with van der Waals surface area (Å²) in [5.41, 5.74) is 7.43. The number of carbonyl (C=O) groups is 1. The molecule has 0 saturated carbocycles.